The number of hydrogen-bond donors (Lipinski definition) is 2. The molecule has 0 saturated heterocycles. The van der Waals surface area contributed by atoms with Gasteiger partial charge < -0.3 is 10.2 Å². The number of ketones is 1. The fourth-order valence-corrected chi connectivity index (χ4v) is 1.98. The van der Waals surface area contributed by atoms with Gasteiger partial charge in [-0.25, -0.2) is 0 Å². The van der Waals surface area contributed by atoms with Crippen LogP contribution in [0.1, 0.15) is 10.4 Å². The number of carbonyl (C=O) groups is 1. The Balaban J connectivity index is 1.79. The summed E-state index contributed by atoms with van der Waals surface area (Å²) >= 11 is 0. The van der Waals surface area contributed by atoms with Crippen LogP contribution in [0.4, 0.5) is 0 Å². The van der Waals surface area contributed by atoms with Crippen molar-refractivity contribution < 1.29 is 15.0 Å². The Hall–Kier alpha value is -3.22. The van der Waals surface area contributed by atoms with Crippen molar-refractivity contribution in [1.29, 1.82) is 0 Å². The molecule has 22 heavy (non-hydrogen) atoms. The molecule has 0 saturated carbocycles. The third kappa shape index (κ3) is 2.78. The molecule has 7 nitrogen and oxygen atoms in total. The number of aromatic nitrogens is 4. The van der Waals surface area contributed by atoms with E-state index in [2.05, 4.69) is 15.4 Å². The van der Waals surface area contributed by atoms with E-state index in [1.807, 2.05) is 30.3 Å². The van der Waals surface area contributed by atoms with Crippen LogP contribution >= 0.6 is 0 Å². The van der Waals surface area contributed by atoms with E-state index in [1.165, 1.54) is 12.1 Å². The molecule has 2 aromatic carbocycles. The first kappa shape index (κ1) is 13.7. The van der Waals surface area contributed by atoms with Gasteiger partial charge in [0.25, 0.3) is 0 Å². The normalized spacial score (nSPS) is 10.5. The van der Waals surface area contributed by atoms with Gasteiger partial charge in [-0.2, -0.15) is 4.80 Å². The monoisotopic (exact) mass is 296 g/mol. The van der Waals surface area contributed by atoms with E-state index in [4.69, 9.17) is 0 Å². The molecule has 0 fully saturated rings. The average molecular weight is 296 g/mol. The summed E-state index contributed by atoms with van der Waals surface area (Å²) in [6.45, 7) is -0.155. The molecule has 0 bridgehead atoms. The van der Waals surface area contributed by atoms with Crippen molar-refractivity contribution in [2.45, 2.75) is 6.54 Å². The Labute approximate surface area is 125 Å². The number of aromatic hydroxyl groups is 2. The lowest BCUT2D eigenvalue weighted by molar-refractivity contribution is 0.0959. The molecule has 1 aromatic heterocycles. The summed E-state index contributed by atoms with van der Waals surface area (Å²) < 4.78 is 0. The van der Waals surface area contributed by atoms with Gasteiger partial charge in [0, 0.05) is 11.6 Å². The van der Waals surface area contributed by atoms with Crippen molar-refractivity contribution in [3.8, 4) is 22.9 Å². The predicted octanol–water partition coefficient (Wildman–Crippen LogP) is 1.63. The van der Waals surface area contributed by atoms with Crippen LogP contribution in [0.15, 0.2) is 48.5 Å². The zero-order valence-electron chi connectivity index (χ0n) is 11.4. The molecular weight excluding hydrogens is 284 g/mol. The molecule has 110 valence electrons. The smallest absolute Gasteiger partial charge is 0.204 e. The first-order chi connectivity index (χ1) is 10.6. The summed E-state index contributed by atoms with van der Waals surface area (Å²) in [5.41, 5.74) is 0.894. The standard InChI is InChI=1S/C15H12N4O3/c20-11-6-7-12(13(21)8-11)14(22)9-19-17-15(16-18-19)10-4-2-1-3-5-10/h1-8,20-21H,9H2. The van der Waals surface area contributed by atoms with E-state index >= 15 is 0 Å². The minimum Gasteiger partial charge on any atom is -0.508 e. The first-order valence-electron chi connectivity index (χ1n) is 6.52. The van der Waals surface area contributed by atoms with E-state index in [9.17, 15) is 15.0 Å². The Bertz CT molecular complexity index is 815. The summed E-state index contributed by atoms with van der Waals surface area (Å²) in [6.07, 6.45) is 0. The quantitative estimate of drug-likeness (QED) is 0.710. The van der Waals surface area contributed by atoms with Crippen LogP contribution in [0, 0.1) is 0 Å². The lowest BCUT2D eigenvalue weighted by Gasteiger charge is -2.03. The molecule has 7 heteroatoms. The summed E-state index contributed by atoms with van der Waals surface area (Å²) in [6, 6.07) is 13.1. The van der Waals surface area contributed by atoms with Crippen LogP contribution < -0.4 is 0 Å². The highest BCUT2D eigenvalue weighted by Gasteiger charge is 2.14. The molecule has 0 atom stereocenters. The third-order valence-corrected chi connectivity index (χ3v) is 3.05. The van der Waals surface area contributed by atoms with Gasteiger partial charge in [-0.15, -0.1) is 10.2 Å². The second-order valence-electron chi connectivity index (χ2n) is 4.63. The minimum absolute atomic E-state index is 0.0939. The van der Waals surface area contributed by atoms with Crippen LogP contribution in [0.5, 0.6) is 11.5 Å². The number of phenols is 2. The van der Waals surface area contributed by atoms with Crippen LogP contribution in [0.3, 0.4) is 0 Å². The van der Waals surface area contributed by atoms with Crippen LogP contribution in [-0.4, -0.2) is 36.2 Å². The molecule has 0 radical (unpaired) electrons. The number of nitrogens with zero attached hydrogens (tertiary/aromatic N) is 4. The van der Waals surface area contributed by atoms with E-state index < -0.39 is 0 Å². The molecule has 3 aromatic rings. The number of rotatable bonds is 4. The van der Waals surface area contributed by atoms with Gasteiger partial charge in [0.15, 0.2) is 5.78 Å². The van der Waals surface area contributed by atoms with Crippen LogP contribution in [0.2, 0.25) is 0 Å². The molecule has 0 aliphatic heterocycles. The SMILES string of the molecule is O=C(Cn1nnc(-c2ccccc2)n1)c1ccc(O)cc1O. The van der Waals surface area contributed by atoms with Crippen molar-refractivity contribution in [2.75, 3.05) is 0 Å². The van der Waals surface area contributed by atoms with Gasteiger partial charge >= 0.3 is 0 Å². The van der Waals surface area contributed by atoms with Crippen molar-refractivity contribution in [2.24, 2.45) is 0 Å². The fourth-order valence-electron chi connectivity index (χ4n) is 1.98. The Kier molecular flexibility index (Phi) is 3.53. The van der Waals surface area contributed by atoms with Gasteiger partial charge in [-0.3, -0.25) is 4.79 Å². The first-order valence-corrected chi connectivity index (χ1v) is 6.52. The maximum absolute atomic E-state index is 12.1. The number of carbonyl (C=O) groups excluding carboxylic acids is 1. The van der Waals surface area contributed by atoms with E-state index in [-0.39, 0.29) is 29.4 Å². The van der Waals surface area contributed by atoms with Gasteiger partial charge in [-0.05, 0) is 17.3 Å². The maximum atomic E-state index is 12.1. The highest BCUT2D eigenvalue weighted by molar-refractivity contribution is 5.98. The van der Waals surface area contributed by atoms with Crippen molar-refractivity contribution in [1.82, 2.24) is 20.2 Å². The molecule has 3 rings (SSSR count). The number of phenolic OH excluding ortho intramolecular Hbond substituents is 2. The second-order valence-corrected chi connectivity index (χ2v) is 4.63. The third-order valence-electron chi connectivity index (χ3n) is 3.05. The highest BCUT2D eigenvalue weighted by atomic mass is 16.3. The van der Waals surface area contributed by atoms with Crippen LogP contribution in [0.25, 0.3) is 11.4 Å². The van der Waals surface area contributed by atoms with Gasteiger partial charge in [0.2, 0.25) is 5.82 Å². The topological polar surface area (TPSA) is 101 Å². The number of tetrazole rings is 1. The molecule has 0 spiro atoms. The molecule has 0 unspecified atom stereocenters. The Morgan fingerprint density at radius 3 is 2.59 bits per heavy atom. The zero-order chi connectivity index (χ0) is 15.5. The average Bonchev–Trinajstić information content (AvgIpc) is 2.96. The molecule has 0 aliphatic rings. The van der Waals surface area contributed by atoms with Crippen LogP contribution in [-0.2, 0) is 6.54 Å². The minimum atomic E-state index is -0.380. The molecular formula is C15H12N4O3. The van der Waals surface area contributed by atoms with Gasteiger partial charge in [0.05, 0.1) is 5.56 Å². The summed E-state index contributed by atoms with van der Waals surface area (Å²) in [7, 11) is 0. The second kappa shape index (κ2) is 5.65. The van der Waals surface area contributed by atoms with E-state index in [1.54, 1.807) is 0 Å². The summed E-state index contributed by atoms with van der Waals surface area (Å²) in [4.78, 5) is 13.3. The fraction of sp³-hybridized carbons (Fsp3) is 0.0667. The predicted molar refractivity (Wildman–Crippen MR) is 77.4 cm³/mol. The van der Waals surface area contributed by atoms with Crippen molar-refractivity contribution >= 4 is 5.78 Å². The number of Topliss-reactive ketones (excluding diaryl/α,β-unsaturated/α-hetero) is 1. The summed E-state index contributed by atoms with van der Waals surface area (Å²) in [5.74, 6) is -0.356. The Morgan fingerprint density at radius 2 is 1.86 bits per heavy atom. The van der Waals surface area contributed by atoms with Crippen molar-refractivity contribution in [3.63, 3.8) is 0 Å². The molecule has 1 heterocycles. The van der Waals surface area contributed by atoms with Gasteiger partial charge in [0.1, 0.15) is 18.0 Å². The largest absolute Gasteiger partial charge is 0.508 e. The number of benzene rings is 2. The zero-order valence-corrected chi connectivity index (χ0v) is 11.4. The Morgan fingerprint density at radius 1 is 1.09 bits per heavy atom. The molecule has 0 amide bonds. The van der Waals surface area contributed by atoms with Crippen molar-refractivity contribution in [3.05, 3.63) is 54.1 Å². The lowest BCUT2D eigenvalue weighted by Crippen LogP contribution is -2.13. The molecule has 0 aliphatic carbocycles. The molecule has 2 N–H and O–H groups in total. The number of hydrogen-bond acceptors (Lipinski definition) is 6. The van der Waals surface area contributed by atoms with Gasteiger partial charge in [-0.1, -0.05) is 30.3 Å². The van der Waals surface area contributed by atoms with E-state index in [0.717, 1.165) is 16.4 Å². The van der Waals surface area contributed by atoms with E-state index in [0.29, 0.717) is 5.82 Å². The summed E-state index contributed by atoms with van der Waals surface area (Å²) in [5, 5.41) is 30.8. The highest BCUT2D eigenvalue weighted by Crippen LogP contribution is 2.23. The lowest BCUT2D eigenvalue weighted by atomic mass is 10.1. The maximum Gasteiger partial charge on any atom is 0.204 e.